The fraction of sp³-hybridized carbons (Fsp3) is 0.364. The molecule has 0 heterocycles. The topological polar surface area (TPSA) is 56.0 Å². The second-order valence-electron chi connectivity index (χ2n) is 3.77. The first-order valence-corrected chi connectivity index (χ1v) is 5.21. The minimum absolute atomic E-state index is 0.194. The van der Waals surface area contributed by atoms with Crippen LogP contribution in [0.15, 0.2) is 18.2 Å². The minimum Gasteiger partial charge on any atom is -0.393 e. The van der Waals surface area contributed by atoms with Crippen molar-refractivity contribution in [2.24, 2.45) is 0 Å². The van der Waals surface area contributed by atoms with Gasteiger partial charge in [0.25, 0.3) is 0 Å². The van der Waals surface area contributed by atoms with Gasteiger partial charge in [0.15, 0.2) is 0 Å². The Morgan fingerprint density at radius 3 is 2.80 bits per heavy atom. The molecular formula is C11H11ClN2O. The average Bonchev–Trinajstić information content (AvgIpc) is 2.18. The van der Waals surface area contributed by atoms with Gasteiger partial charge in [-0.1, -0.05) is 11.6 Å². The third-order valence-corrected chi connectivity index (χ3v) is 2.81. The van der Waals surface area contributed by atoms with E-state index in [9.17, 15) is 0 Å². The lowest BCUT2D eigenvalue weighted by molar-refractivity contribution is 0.0836. The largest absolute Gasteiger partial charge is 0.393 e. The first kappa shape index (κ1) is 10.3. The minimum atomic E-state index is -0.194. The molecule has 2 rings (SSSR count). The van der Waals surface area contributed by atoms with Gasteiger partial charge in [-0.2, -0.15) is 5.26 Å². The molecule has 0 radical (unpaired) electrons. The fourth-order valence-electron chi connectivity index (χ4n) is 1.66. The molecule has 1 fully saturated rings. The number of hydrogen-bond acceptors (Lipinski definition) is 3. The predicted octanol–water partition coefficient (Wildman–Crippen LogP) is 2.15. The van der Waals surface area contributed by atoms with Crippen LogP contribution >= 0.6 is 11.6 Å². The smallest absolute Gasteiger partial charge is 0.101 e. The van der Waals surface area contributed by atoms with Crippen molar-refractivity contribution in [1.82, 2.24) is 0 Å². The lowest BCUT2D eigenvalue weighted by Crippen LogP contribution is -2.39. The molecule has 0 amide bonds. The summed E-state index contributed by atoms with van der Waals surface area (Å²) in [4.78, 5) is 0. The van der Waals surface area contributed by atoms with E-state index >= 15 is 0 Å². The monoisotopic (exact) mass is 222 g/mol. The Labute approximate surface area is 93.3 Å². The Kier molecular flexibility index (Phi) is 2.81. The molecule has 15 heavy (non-hydrogen) atoms. The summed E-state index contributed by atoms with van der Waals surface area (Å²) in [6.07, 6.45) is 1.29. The maximum Gasteiger partial charge on any atom is 0.101 e. The SMILES string of the molecule is N#Cc1cc(Cl)ccc1NC1CC(O)C1. The highest BCUT2D eigenvalue weighted by molar-refractivity contribution is 6.30. The summed E-state index contributed by atoms with van der Waals surface area (Å²) in [5, 5.41) is 21.8. The summed E-state index contributed by atoms with van der Waals surface area (Å²) in [6.45, 7) is 0. The van der Waals surface area contributed by atoms with Gasteiger partial charge in [-0.15, -0.1) is 0 Å². The number of nitriles is 1. The third-order valence-electron chi connectivity index (χ3n) is 2.57. The van der Waals surface area contributed by atoms with Crippen molar-refractivity contribution in [2.75, 3.05) is 5.32 Å². The average molecular weight is 223 g/mol. The molecule has 1 aromatic rings. The molecule has 0 bridgehead atoms. The van der Waals surface area contributed by atoms with Crippen LogP contribution in [0.3, 0.4) is 0 Å². The highest BCUT2D eigenvalue weighted by Crippen LogP contribution is 2.27. The second-order valence-corrected chi connectivity index (χ2v) is 4.20. The summed E-state index contributed by atoms with van der Waals surface area (Å²) in [5.41, 5.74) is 1.34. The fourth-order valence-corrected chi connectivity index (χ4v) is 1.83. The summed E-state index contributed by atoms with van der Waals surface area (Å²) in [7, 11) is 0. The molecule has 1 aromatic carbocycles. The van der Waals surface area contributed by atoms with E-state index in [0.717, 1.165) is 18.5 Å². The van der Waals surface area contributed by atoms with E-state index in [0.29, 0.717) is 10.6 Å². The van der Waals surface area contributed by atoms with E-state index in [1.165, 1.54) is 0 Å². The molecule has 0 spiro atoms. The van der Waals surface area contributed by atoms with Crippen LogP contribution in [-0.4, -0.2) is 17.3 Å². The summed E-state index contributed by atoms with van der Waals surface area (Å²) in [6, 6.07) is 7.55. The van der Waals surface area contributed by atoms with Crippen molar-refractivity contribution in [3.63, 3.8) is 0 Å². The molecule has 2 N–H and O–H groups in total. The summed E-state index contributed by atoms with van der Waals surface area (Å²) < 4.78 is 0. The zero-order valence-electron chi connectivity index (χ0n) is 8.07. The number of nitrogens with zero attached hydrogens (tertiary/aromatic N) is 1. The maximum atomic E-state index is 9.14. The predicted molar refractivity (Wildman–Crippen MR) is 58.8 cm³/mol. The molecule has 1 aliphatic rings. The molecule has 4 heteroatoms. The highest BCUT2D eigenvalue weighted by atomic mass is 35.5. The van der Waals surface area contributed by atoms with Crippen molar-refractivity contribution in [1.29, 1.82) is 5.26 Å². The van der Waals surface area contributed by atoms with E-state index in [-0.39, 0.29) is 12.1 Å². The van der Waals surface area contributed by atoms with Crippen LogP contribution in [0.2, 0.25) is 5.02 Å². The van der Waals surface area contributed by atoms with E-state index in [1.54, 1.807) is 18.2 Å². The van der Waals surface area contributed by atoms with Crippen molar-refractivity contribution >= 4 is 17.3 Å². The number of hydrogen-bond donors (Lipinski definition) is 2. The van der Waals surface area contributed by atoms with E-state index in [4.69, 9.17) is 22.0 Å². The number of halogens is 1. The van der Waals surface area contributed by atoms with Gasteiger partial charge in [-0.05, 0) is 31.0 Å². The first-order valence-electron chi connectivity index (χ1n) is 4.83. The second kappa shape index (κ2) is 4.09. The van der Waals surface area contributed by atoms with Gasteiger partial charge in [-0.3, -0.25) is 0 Å². The van der Waals surface area contributed by atoms with Crippen LogP contribution in [0, 0.1) is 11.3 Å². The number of rotatable bonds is 2. The Balaban J connectivity index is 2.11. The number of aliphatic hydroxyl groups is 1. The lowest BCUT2D eigenvalue weighted by atomic mass is 9.89. The van der Waals surface area contributed by atoms with Crippen LogP contribution in [0.4, 0.5) is 5.69 Å². The third kappa shape index (κ3) is 2.23. The zero-order valence-corrected chi connectivity index (χ0v) is 8.83. The molecule has 78 valence electrons. The van der Waals surface area contributed by atoms with Crippen molar-refractivity contribution < 1.29 is 5.11 Å². The van der Waals surface area contributed by atoms with Gasteiger partial charge in [0.2, 0.25) is 0 Å². The van der Waals surface area contributed by atoms with E-state index in [1.807, 2.05) is 0 Å². The molecule has 1 aliphatic carbocycles. The van der Waals surface area contributed by atoms with E-state index in [2.05, 4.69) is 11.4 Å². The van der Waals surface area contributed by atoms with Crippen LogP contribution in [0.25, 0.3) is 0 Å². The van der Waals surface area contributed by atoms with Gasteiger partial charge in [0.05, 0.1) is 17.4 Å². The molecule has 3 nitrogen and oxygen atoms in total. The quantitative estimate of drug-likeness (QED) is 0.806. The number of nitrogens with one attached hydrogen (secondary N) is 1. The molecule has 0 aromatic heterocycles. The summed E-state index contributed by atoms with van der Waals surface area (Å²) >= 11 is 5.78. The van der Waals surface area contributed by atoms with Gasteiger partial charge in [0, 0.05) is 11.1 Å². The first-order chi connectivity index (χ1) is 7.19. The van der Waals surface area contributed by atoms with Gasteiger partial charge >= 0.3 is 0 Å². The number of aliphatic hydroxyl groups excluding tert-OH is 1. The molecular weight excluding hydrogens is 212 g/mol. The highest BCUT2D eigenvalue weighted by Gasteiger charge is 2.27. The van der Waals surface area contributed by atoms with Crippen LogP contribution in [-0.2, 0) is 0 Å². The molecule has 1 saturated carbocycles. The van der Waals surface area contributed by atoms with Crippen LogP contribution in [0.5, 0.6) is 0 Å². The lowest BCUT2D eigenvalue weighted by Gasteiger charge is -2.33. The van der Waals surface area contributed by atoms with Crippen molar-refractivity contribution in [2.45, 2.75) is 25.0 Å². The Bertz CT molecular complexity index is 408. The zero-order chi connectivity index (χ0) is 10.8. The Morgan fingerprint density at radius 2 is 2.20 bits per heavy atom. The Hall–Kier alpha value is -1.24. The molecule has 0 unspecified atom stereocenters. The van der Waals surface area contributed by atoms with Crippen molar-refractivity contribution in [3.05, 3.63) is 28.8 Å². The van der Waals surface area contributed by atoms with Crippen LogP contribution < -0.4 is 5.32 Å². The Morgan fingerprint density at radius 1 is 1.47 bits per heavy atom. The number of benzene rings is 1. The van der Waals surface area contributed by atoms with Crippen LogP contribution in [0.1, 0.15) is 18.4 Å². The standard InChI is InChI=1S/C11H11ClN2O/c12-8-1-2-11(7(3-8)6-13)14-9-4-10(15)5-9/h1-3,9-10,14-15H,4-5H2. The summed E-state index contributed by atoms with van der Waals surface area (Å²) in [5.74, 6) is 0. The number of anilines is 1. The van der Waals surface area contributed by atoms with Gasteiger partial charge in [-0.25, -0.2) is 0 Å². The van der Waals surface area contributed by atoms with E-state index < -0.39 is 0 Å². The van der Waals surface area contributed by atoms with Gasteiger partial charge < -0.3 is 10.4 Å². The molecule has 0 atom stereocenters. The van der Waals surface area contributed by atoms with Gasteiger partial charge in [0.1, 0.15) is 6.07 Å². The molecule has 0 aliphatic heterocycles. The molecule has 0 saturated heterocycles. The maximum absolute atomic E-state index is 9.14. The van der Waals surface area contributed by atoms with Crippen molar-refractivity contribution in [3.8, 4) is 6.07 Å². The normalized spacial score (nSPS) is 24.1.